The summed E-state index contributed by atoms with van der Waals surface area (Å²) in [6.45, 7) is 5.14. The van der Waals surface area contributed by atoms with Gasteiger partial charge in [0.2, 0.25) is 11.8 Å². The number of esters is 1. The summed E-state index contributed by atoms with van der Waals surface area (Å²) in [6.07, 6.45) is 4.89. The van der Waals surface area contributed by atoms with Crippen LogP contribution in [-0.2, 0) is 40.1 Å². The summed E-state index contributed by atoms with van der Waals surface area (Å²) in [5.74, 6) is -4.11. The molecule has 2 amide bonds. The van der Waals surface area contributed by atoms with Crippen LogP contribution in [-0.4, -0.2) is 127 Å². The summed E-state index contributed by atoms with van der Waals surface area (Å²) in [7, 11) is -4.12. The number of β-amino-alcohol motifs (C(OH)–C–C–N with tert-alkyl or cyclic N) is 1. The van der Waals surface area contributed by atoms with Crippen molar-refractivity contribution < 1.29 is 47.7 Å². The minimum atomic E-state index is -4.12. The topological polar surface area (TPSA) is 204 Å². The second kappa shape index (κ2) is 22.2. The fourth-order valence-electron chi connectivity index (χ4n) is 7.61. The third kappa shape index (κ3) is 14.4. The summed E-state index contributed by atoms with van der Waals surface area (Å²) in [4.78, 5) is 41.8. The van der Waals surface area contributed by atoms with E-state index in [1.807, 2.05) is 54.3 Å². The third-order valence-electron chi connectivity index (χ3n) is 10.6. The van der Waals surface area contributed by atoms with Gasteiger partial charge in [-0.3, -0.25) is 19.3 Å². The number of nitrogens with one attached hydrogen (secondary N) is 2. The Kier molecular flexibility index (Phi) is 17.8. The summed E-state index contributed by atoms with van der Waals surface area (Å²) < 4.78 is 37.4. The molecule has 5 N–H and O–H groups in total. The number of unbranched alkanes of at least 4 members (excludes halogenated alkanes) is 1. The number of rotatable bonds is 21. The van der Waals surface area contributed by atoms with Gasteiger partial charge >= 0.3 is 5.97 Å². The number of aliphatic hydroxyl groups excluding tert-OH is 2. The molecule has 55 heavy (non-hydrogen) atoms. The molecule has 2 fully saturated rings. The molecule has 1 aliphatic carbocycles. The van der Waals surface area contributed by atoms with Crippen LogP contribution in [0.25, 0.3) is 10.8 Å². The lowest BCUT2D eigenvalue weighted by Crippen LogP contribution is -2.57. The number of carbonyl (C=O) groups excluding carboxylic acids is 3. The molecular formula is C40H60N4O10S. The minimum Gasteiger partial charge on any atom is -0.460 e. The number of sulfone groups is 1. The predicted molar refractivity (Wildman–Crippen MR) is 210 cm³/mol. The largest absolute Gasteiger partial charge is 0.460 e. The van der Waals surface area contributed by atoms with E-state index in [4.69, 9.17) is 9.47 Å². The van der Waals surface area contributed by atoms with Crippen molar-refractivity contribution in [2.75, 3.05) is 51.0 Å². The second-order valence-electron chi connectivity index (χ2n) is 15.1. The second-order valence-corrected chi connectivity index (χ2v) is 17.2. The smallest absolute Gasteiger partial charge is 0.303 e. The number of morpholine rings is 1. The van der Waals surface area contributed by atoms with Gasteiger partial charge in [-0.25, -0.2) is 8.42 Å². The van der Waals surface area contributed by atoms with Crippen LogP contribution in [0.4, 0.5) is 0 Å². The van der Waals surface area contributed by atoms with E-state index in [1.54, 1.807) is 0 Å². The highest BCUT2D eigenvalue weighted by atomic mass is 32.2. The summed E-state index contributed by atoms with van der Waals surface area (Å²) >= 11 is 0. The van der Waals surface area contributed by atoms with Gasteiger partial charge < -0.3 is 35.5 Å². The van der Waals surface area contributed by atoms with E-state index < -0.39 is 75.9 Å². The number of ether oxygens (including phenoxy) is 2. The van der Waals surface area contributed by atoms with E-state index in [2.05, 4.69) is 15.8 Å². The number of fused-ring (bicyclic) bond motifs is 1. The van der Waals surface area contributed by atoms with Crippen molar-refractivity contribution in [2.24, 2.45) is 17.0 Å². The zero-order valence-corrected chi connectivity index (χ0v) is 33.1. The fourth-order valence-corrected chi connectivity index (χ4v) is 9.26. The number of amides is 2. The normalized spacial score (nSPS) is 18.9. The first-order valence-electron chi connectivity index (χ1n) is 19.7. The zero-order valence-electron chi connectivity index (χ0n) is 32.2. The number of nitrogens with zero attached hydrogens (tertiary/aromatic N) is 2. The lowest BCUT2D eigenvalue weighted by atomic mass is 9.83. The van der Waals surface area contributed by atoms with E-state index in [1.165, 1.54) is 0 Å². The maximum absolute atomic E-state index is 14.3. The van der Waals surface area contributed by atoms with Gasteiger partial charge in [0.1, 0.15) is 24.5 Å². The number of hydrogen-bond donors (Lipinski definition) is 5. The van der Waals surface area contributed by atoms with Gasteiger partial charge in [0.25, 0.3) is 0 Å². The lowest BCUT2D eigenvalue weighted by molar-refractivity contribution is -0.139. The van der Waals surface area contributed by atoms with Crippen LogP contribution in [0.1, 0.15) is 77.2 Å². The molecule has 1 aliphatic heterocycles. The highest BCUT2D eigenvalue weighted by molar-refractivity contribution is 7.92. The molecule has 0 bridgehead atoms. The Hall–Kier alpha value is -3.63. The maximum atomic E-state index is 14.3. The maximum Gasteiger partial charge on any atom is 0.303 e. The molecular weight excluding hydrogens is 729 g/mol. The number of benzene rings is 2. The molecule has 2 aromatic carbocycles. The van der Waals surface area contributed by atoms with Crippen molar-refractivity contribution in [3.8, 4) is 0 Å². The molecule has 4 rings (SSSR count). The summed E-state index contributed by atoms with van der Waals surface area (Å²) in [6, 6.07) is 11.3. The van der Waals surface area contributed by atoms with Crippen LogP contribution in [0, 0.1) is 11.8 Å². The average molecular weight is 789 g/mol. The fraction of sp³-hybridized carbons (Fsp3) is 0.650. The molecule has 2 aliphatic rings. The lowest BCUT2D eigenvalue weighted by Gasteiger charge is -2.35. The molecule has 306 valence electrons. The number of oxime groups is 1. The Labute approximate surface area is 324 Å². The van der Waals surface area contributed by atoms with Crippen molar-refractivity contribution in [1.29, 1.82) is 0 Å². The van der Waals surface area contributed by atoms with Gasteiger partial charge in [-0.2, -0.15) is 0 Å². The number of carbonyl (C=O) groups is 3. The molecule has 0 unspecified atom stereocenters. The average Bonchev–Trinajstić information content (AvgIpc) is 3.17. The molecule has 2 aromatic rings. The molecule has 0 spiro atoms. The molecule has 1 saturated heterocycles. The van der Waals surface area contributed by atoms with Gasteiger partial charge in [-0.05, 0) is 41.5 Å². The van der Waals surface area contributed by atoms with Crippen LogP contribution >= 0.6 is 0 Å². The van der Waals surface area contributed by atoms with Crippen LogP contribution in [0.5, 0.6) is 0 Å². The highest BCUT2D eigenvalue weighted by Gasteiger charge is 2.35. The molecule has 1 saturated carbocycles. The van der Waals surface area contributed by atoms with Gasteiger partial charge in [-0.15, -0.1) is 0 Å². The molecule has 15 heteroatoms. The van der Waals surface area contributed by atoms with Crippen molar-refractivity contribution in [3.63, 3.8) is 0 Å². The summed E-state index contributed by atoms with van der Waals surface area (Å²) in [5, 5.41) is 42.8. The SMILES string of the molecule is CCCC[C@H](NC(=O)[C@H](Cc1cccc2ccccc12)CS(=O)(=O)C/C(COC(C)=O)=N/O)C(=O)N[C@@H](CC1CCCCC1)[C@@H](O)[C@@H](O)CN1CCOCC1. The minimum absolute atomic E-state index is 0.0286. The Morgan fingerprint density at radius 3 is 2.40 bits per heavy atom. The molecule has 5 atom stereocenters. The van der Waals surface area contributed by atoms with E-state index in [0.29, 0.717) is 39.1 Å². The Balaban J connectivity index is 1.57. The van der Waals surface area contributed by atoms with Crippen molar-refractivity contribution in [3.05, 3.63) is 48.0 Å². The highest BCUT2D eigenvalue weighted by Crippen LogP contribution is 2.29. The van der Waals surface area contributed by atoms with E-state index in [9.17, 15) is 38.2 Å². The van der Waals surface area contributed by atoms with Gasteiger partial charge in [0, 0.05) is 26.6 Å². The zero-order chi connectivity index (χ0) is 39.8. The first-order valence-corrected chi connectivity index (χ1v) is 21.5. The molecule has 0 radical (unpaired) electrons. The first-order chi connectivity index (χ1) is 26.4. The number of aliphatic hydroxyl groups is 2. The number of hydrogen-bond acceptors (Lipinski definition) is 12. The first kappa shape index (κ1) is 44.1. The van der Waals surface area contributed by atoms with Gasteiger partial charge in [0.15, 0.2) is 9.84 Å². The van der Waals surface area contributed by atoms with Crippen molar-refractivity contribution in [1.82, 2.24) is 15.5 Å². The Morgan fingerprint density at radius 2 is 1.71 bits per heavy atom. The van der Waals surface area contributed by atoms with Crippen molar-refractivity contribution in [2.45, 2.75) is 102 Å². The standard InChI is InChI=1S/C40H60N4O10S/c1-3-4-17-35(40(49)42-36(22-29-11-6-5-7-12-29)38(47)37(46)24-44-18-20-53-21-19-44)41-39(48)32(23-31-15-10-14-30-13-8-9-16-34(30)31)26-55(51,52)27-33(43-50)25-54-28(2)45/h8-10,13-16,29,32,35-38,46-47,50H,3-7,11-12,17-27H2,1-2H3,(H,41,48)(H,42,49)/b43-33+/t32-,35+,36+,37+,38-/m1/s1. The van der Waals surface area contributed by atoms with E-state index in [-0.39, 0.29) is 31.0 Å². The molecule has 1 heterocycles. The molecule has 14 nitrogen and oxygen atoms in total. The van der Waals surface area contributed by atoms with Gasteiger partial charge in [0.05, 0.1) is 42.8 Å². The van der Waals surface area contributed by atoms with Crippen LogP contribution in [0.15, 0.2) is 47.6 Å². The van der Waals surface area contributed by atoms with Crippen molar-refractivity contribution >= 4 is 44.1 Å². The third-order valence-corrected chi connectivity index (χ3v) is 12.3. The predicted octanol–water partition coefficient (Wildman–Crippen LogP) is 2.99. The Morgan fingerprint density at radius 1 is 1.00 bits per heavy atom. The van der Waals surface area contributed by atoms with Crippen LogP contribution in [0.2, 0.25) is 0 Å². The van der Waals surface area contributed by atoms with Crippen LogP contribution < -0.4 is 10.6 Å². The van der Waals surface area contributed by atoms with E-state index >= 15 is 0 Å². The summed E-state index contributed by atoms with van der Waals surface area (Å²) in [5.41, 5.74) is 0.446. The van der Waals surface area contributed by atoms with E-state index in [0.717, 1.165) is 61.8 Å². The monoisotopic (exact) mass is 788 g/mol. The Bertz CT molecular complexity index is 1670. The van der Waals surface area contributed by atoms with Crippen LogP contribution in [0.3, 0.4) is 0 Å². The quantitative estimate of drug-likeness (QED) is 0.0539. The molecule has 0 aromatic heterocycles. The van der Waals surface area contributed by atoms with Gasteiger partial charge in [-0.1, -0.05) is 99.5 Å².